The highest BCUT2D eigenvalue weighted by Gasteiger charge is 2.24. The van der Waals surface area contributed by atoms with E-state index in [0.717, 1.165) is 49.4 Å². The number of fused-ring (bicyclic) bond motifs is 1. The molecule has 6 heteroatoms. The number of allylic oxidation sites excluding steroid dienone is 1. The molecule has 1 aliphatic heterocycles. The molecule has 0 unspecified atom stereocenters. The highest BCUT2D eigenvalue weighted by atomic mass is 16.1. The van der Waals surface area contributed by atoms with E-state index < -0.39 is 0 Å². The van der Waals surface area contributed by atoms with Crippen LogP contribution in [0.5, 0.6) is 0 Å². The summed E-state index contributed by atoms with van der Waals surface area (Å²) in [7, 11) is 2.13. The number of ketones is 1. The minimum atomic E-state index is 0.0347. The molecule has 1 fully saturated rings. The lowest BCUT2D eigenvalue weighted by molar-refractivity contribution is 0.101. The summed E-state index contributed by atoms with van der Waals surface area (Å²) in [6.45, 7) is 3.97. The van der Waals surface area contributed by atoms with E-state index in [-0.39, 0.29) is 5.78 Å². The number of aryl methyl sites for hydroxylation is 1. The smallest absolute Gasteiger partial charge is 0.193 e. The molecule has 134 valence electrons. The number of piperazine rings is 1. The van der Waals surface area contributed by atoms with Gasteiger partial charge in [0.2, 0.25) is 0 Å². The third-order valence-corrected chi connectivity index (χ3v) is 4.99. The molecule has 2 aliphatic rings. The number of rotatable bonds is 3. The molecule has 2 aromatic rings. The summed E-state index contributed by atoms with van der Waals surface area (Å²) in [5.41, 5.74) is 6.54. The Morgan fingerprint density at radius 2 is 1.85 bits per heavy atom. The van der Waals surface area contributed by atoms with Crippen LogP contribution in [0.4, 0.5) is 0 Å². The number of Topliss-reactive ketones (excluding diaryl/α,β-unsaturated/α-hetero) is 1. The standard InChI is InChI=1S/C20H23N5O/c1-24-9-11-25(12-10-24)22-13-16-7-8-18-17(19(16)26)14-21-20(23-18)15-5-3-2-4-6-15/h2-6,13-14,22H,7-12H2,1H3. The summed E-state index contributed by atoms with van der Waals surface area (Å²) in [5, 5.41) is 2.16. The second-order valence-electron chi connectivity index (χ2n) is 6.84. The van der Waals surface area contributed by atoms with E-state index in [9.17, 15) is 4.79 Å². The molecule has 0 radical (unpaired) electrons. The van der Waals surface area contributed by atoms with E-state index in [1.54, 1.807) is 6.20 Å². The predicted molar refractivity (Wildman–Crippen MR) is 100 cm³/mol. The lowest BCUT2D eigenvalue weighted by Gasteiger charge is -2.32. The van der Waals surface area contributed by atoms with Gasteiger partial charge in [0.1, 0.15) is 0 Å². The van der Waals surface area contributed by atoms with Crippen molar-refractivity contribution in [2.75, 3.05) is 33.2 Å². The summed E-state index contributed by atoms with van der Waals surface area (Å²) in [6.07, 6.45) is 5.01. The largest absolute Gasteiger partial charge is 0.326 e. The number of carbonyl (C=O) groups is 1. The zero-order chi connectivity index (χ0) is 17.9. The van der Waals surface area contributed by atoms with Crippen LogP contribution in [0.25, 0.3) is 11.4 Å². The van der Waals surface area contributed by atoms with Gasteiger partial charge in [0.05, 0.1) is 11.3 Å². The molecule has 1 aromatic carbocycles. The summed E-state index contributed by atoms with van der Waals surface area (Å²) in [4.78, 5) is 24.1. The summed E-state index contributed by atoms with van der Waals surface area (Å²) in [5.74, 6) is 0.715. The average Bonchev–Trinajstić information content (AvgIpc) is 2.69. The van der Waals surface area contributed by atoms with E-state index in [2.05, 4.69) is 32.4 Å². The number of hydrazine groups is 1. The van der Waals surface area contributed by atoms with Crippen LogP contribution in [0.2, 0.25) is 0 Å². The zero-order valence-electron chi connectivity index (χ0n) is 15.0. The second kappa shape index (κ2) is 7.35. The van der Waals surface area contributed by atoms with Crippen LogP contribution in [-0.2, 0) is 6.42 Å². The molecule has 0 saturated carbocycles. The van der Waals surface area contributed by atoms with Gasteiger partial charge < -0.3 is 10.3 Å². The van der Waals surface area contributed by atoms with E-state index in [4.69, 9.17) is 0 Å². The van der Waals surface area contributed by atoms with Gasteiger partial charge in [-0.1, -0.05) is 30.3 Å². The van der Waals surface area contributed by atoms with Crippen LogP contribution >= 0.6 is 0 Å². The molecule has 1 aliphatic carbocycles. The molecule has 2 heterocycles. The zero-order valence-corrected chi connectivity index (χ0v) is 15.0. The van der Waals surface area contributed by atoms with Gasteiger partial charge in [-0.05, 0) is 19.9 Å². The van der Waals surface area contributed by atoms with Gasteiger partial charge in [0.15, 0.2) is 11.6 Å². The number of nitrogens with zero attached hydrogens (tertiary/aromatic N) is 4. The monoisotopic (exact) mass is 349 g/mol. The quantitative estimate of drug-likeness (QED) is 0.854. The van der Waals surface area contributed by atoms with Gasteiger partial charge in [-0.15, -0.1) is 0 Å². The molecular formula is C20H23N5O. The lowest BCUT2D eigenvalue weighted by Crippen LogP contribution is -2.49. The first-order chi connectivity index (χ1) is 12.7. The van der Waals surface area contributed by atoms with Crippen LogP contribution in [0.1, 0.15) is 22.5 Å². The van der Waals surface area contributed by atoms with E-state index in [1.807, 2.05) is 36.5 Å². The van der Waals surface area contributed by atoms with E-state index >= 15 is 0 Å². The van der Waals surface area contributed by atoms with Crippen molar-refractivity contribution in [3.05, 3.63) is 59.6 Å². The van der Waals surface area contributed by atoms with Crippen molar-refractivity contribution >= 4 is 5.78 Å². The molecule has 6 nitrogen and oxygen atoms in total. The minimum absolute atomic E-state index is 0.0347. The third-order valence-electron chi connectivity index (χ3n) is 4.99. The summed E-state index contributed by atoms with van der Waals surface area (Å²) < 4.78 is 0. The Morgan fingerprint density at radius 1 is 1.08 bits per heavy atom. The molecular weight excluding hydrogens is 326 g/mol. The number of benzene rings is 1. The van der Waals surface area contributed by atoms with Crippen molar-refractivity contribution in [2.24, 2.45) is 0 Å². The highest BCUT2D eigenvalue weighted by molar-refractivity contribution is 6.10. The minimum Gasteiger partial charge on any atom is -0.326 e. The third kappa shape index (κ3) is 3.52. The Bertz CT molecular complexity index is 825. The number of nitrogens with one attached hydrogen (secondary N) is 1. The first kappa shape index (κ1) is 16.9. The normalized spacial score (nSPS) is 20.2. The van der Waals surface area contributed by atoms with Gasteiger partial charge >= 0.3 is 0 Å². The first-order valence-electron chi connectivity index (χ1n) is 9.05. The Hall–Kier alpha value is -2.57. The number of aromatic nitrogens is 2. The van der Waals surface area contributed by atoms with Crippen LogP contribution in [-0.4, -0.2) is 58.9 Å². The Labute approximate surface area is 153 Å². The Morgan fingerprint density at radius 3 is 2.62 bits per heavy atom. The van der Waals surface area contributed by atoms with E-state index in [1.165, 1.54) is 0 Å². The van der Waals surface area contributed by atoms with Crippen molar-refractivity contribution < 1.29 is 4.79 Å². The maximum atomic E-state index is 12.8. The van der Waals surface area contributed by atoms with Crippen molar-refractivity contribution in [3.8, 4) is 11.4 Å². The molecule has 26 heavy (non-hydrogen) atoms. The fourth-order valence-corrected chi connectivity index (χ4v) is 3.31. The number of hydrogen-bond acceptors (Lipinski definition) is 6. The van der Waals surface area contributed by atoms with Gasteiger partial charge in [-0.2, -0.15) is 0 Å². The first-order valence-corrected chi connectivity index (χ1v) is 9.05. The van der Waals surface area contributed by atoms with Gasteiger partial charge in [-0.3, -0.25) is 4.79 Å². The number of carbonyl (C=O) groups excluding carboxylic acids is 1. The van der Waals surface area contributed by atoms with Crippen molar-refractivity contribution in [3.63, 3.8) is 0 Å². The molecule has 1 aromatic heterocycles. The summed E-state index contributed by atoms with van der Waals surface area (Å²) in [6, 6.07) is 9.87. The molecule has 1 saturated heterocycles. The SMILES string of the molecule is CN1CCN(NC=C2CCc3nc(-c4ccccc4)ncc3C2=O)CC1. The average molecular weight is 349 g/mol. The molecule has 0 bridgehead atoms. The van der Waals surface area contributed by atoms with Crippen LogP contribution in [0.15, 0.2) is 48.3 Å². The van der Waals surface area contributed by atoms with Gasteiger partial charge in [-0.25, -0.2) is 15.0 Å². The lowest BCUT2D eigenvalue weighted by atomic mass is 9.91. The molecule has 0 atom stereocenters. The maximum absolute atomic E-state index is 12.8. The predicted octanol–water partition coefficient (Wildman–Crippen LogP) is 1.91. The second-order valence-corrected chi connectivity index (χ2v) is 6.84. The topological polar surface area (TPSA) is 61.4 Å². The Kier molecular flexibility index (Phi) is 4.77. The van der Waals surface area contributed by atoms with Crippen molar-refractivity contribution in [2.45, 2.75) is 12.8 Å². The van der Waals surface area contributed by atoms with Crippen LogP contribution < -0.4 is 5.43 Å². The summed E-state index contributed by atoms with van der Waals surface area (Å²) >= 11 is 0. The van der Waals surface area contributed by atoms with Gasteiger partial charge in [0, 0.05) is 49.7 Å². The fourth-order valence-electron chi connectivity index (χ4n) is 3.31. The molecule has 0 amide bonds. The molecule has 4 rings (SSSR count). The van der Waals surface area contributed by atoms with E-state index in [0.29, 0.717) is 17.8 Å². The van der Waals surface area contributed by atoms with Crippen LogP contribution in [0.3, 0.4) is 0 Å². The molecule has 1 N–H and O–H groups in total. The van der Waals surface area contributed by atoms with Crippen LogP contribution in [0, 0.1) is 0 Å². The van der Waals surface area contributed by atoms with Crippen molar-refractivity contribution in [1.29, 1.82) is 0 Å². The number of hydrogen-bond donors (Lipinski definition) is 1. The maximum Gasteiger partial charge on any atom is 0.193 e. The van der Waals surface area contributed by atoms with Crippen molar-refractivity contribution in [1.82, 2.24) is 25.3 Å². The molecule has 0 spiro atoms. The van der Waals surface area contributed by atoms with Gasteiger partial charge in [0.25, 0.3) is 0 Å². The number of likely N-dealkylation sites (N-methyl/N-ethyl adjacent to an activating group) is 1. The Balaban J connectivity index is 1.49. The fraction of sp³-hybridized carbons (Fsp3) is 0.350. The highest BCUT2D eigenvalue weighted by Crippen LogP contribution is 2.25.